The molecule has 1 aliphatic rings. The second-order valence-electron chi connectivity index (χ2n) is 6.93. The van der Waals surface area contributed by atoms with Crippen LogP contribution in [0.3, 0.4) is 0 Å². The molecule has 29 heavy (non-hydrogen) atoms. The van der Waals surface area contributed by atoms with Crippen LogP contribution in [0.2, 0.25) is 0 Å². The van der Waals surface area contributed by atoms with Gasteiger partial charge < -0.3 is 19.7 Å². The number of ether oxygens (including phenoxy) is 2. The van der Waals surface area contributed by atoms with E-state index in [1.54, 1.807) is 18.1 Å². The van der Waals surface area contributed by atoms with Crippen LogP contribution in [0.15, 0.2) is 48.5 Å². The molecular formula is C22H25FN2O4. The van der Waals surface area contributed by atoms with Crippen molar-refractivity contribution in [1.82, 2.24) is 4.90 Å². The van der Waals surface area contributed by atoms with E-state index in [0.717, 1.165) is 0 Å². The molecule has 0 aliphatic carbocycles. The summed E-state index contributed by atoms with van der Waals surface area (Å²) in [5.74, 6) is -0.0623. The van der Waals surface area contributed by atoms with Crippen molar-refractivity contribution in [2.45, 2.75) is 12.8 Å². The lowest BCUT2D eigenvalue weighted by atomic mass is 9.95. The van der Waals surface area contributed by atoms with Crippen LogP contribution in [0.1, 0.15) is 23.2 Å². The maximum Gasteiger partial charge on any atom is 0.253 e. The maximum absolute atomic E-state index is 13.0. The number of nitrogens with one attached hydrogen (secondary N) is 1. The zero-order chi connectivity index (χ0) is 20.6. The first-order valence-electron chi connectivity index (χ1n) is 9.64. The highest BCUT2D eigenvalue weighted by Gasteiger charge is 2.28. The van der Waals surface area contributed by atoms with Crippen molar-refractivity contribution in [3.05, 3.63) is 59.9 Å². The molecule has 0 bridgehead atoms. The van der Waals surface area contributed by atoms with Crippen molar-refractivity contribution in [2.24, 2.45) is 5.92 Å². The molecule has 0 radical (unpaired) electrons. The number of methoxy groups -OCH3 is 1. The van der Waals surface area contributed by atoms with E-state index in [1.807, 2.05) is 18.2 Å². The first-order chi connectivity index (χ1) is 14.1. The minimum Gasteiger partial charge on any atom is -0.491 e. The Labute approximate surface area is 169 Å². The summed E-state index contributed by atoms with van der Waals surface area (Å²) in [6.07, 6.45) is 1.17. The van der Waals surface area contributed by atoms with E-state index in [0.29, 0.717) is 56.1 Å². The average molecular weight is 400 g/mol. The maximum atomic E-state index is 13.0. The highest BCUT2D eigenvalue weighted by molar-refractivity contribution is 5.95. The van der Waals surface area contributed by atoms with Crippen molar-refractivity contribution in [3.8, 4) is 5.75 Å². The summed E-state index contributed by atoms with van der Waals surface area (Å²) in [7, 11) is 1.61. The number of anilines is 1. The summed E-state index contributed by atoms with van der Waals surface area (Å²) in [5.41, 5.74) is 1.13. The van der Waals surface area contributed by atoms with Crippen molar-refractivity contribution in [3.63, 3.8) is 0 Å². The second-order valence-corrected chi connectivity index (χ2v) is 6.93. The quantitative estimate of drug-likeness (QED) is 0.724. The third-order valence-corrected chi connectivity index (χ3v) is 4.90. The van der Waals surface area contributed by atoms with Crippen LogP contribution in [0.5, 0.6) is 5.75 Å². The van der Waals surface area contributed by atoms with Crippen LogP contribution < -0.4 is 10.1 Å². The Morgan fingerprint density at radius 1 is 1.10 bits per heavy atom. The smallest absolute Gasteiger partial charge is 0.253 e. The molecule has 1 N–H and O–H groups in total. The first-order valence-corrected chi connectivity index (χ1v) is 9.64. The van der Waals surface area contributed by atoms with Gasteiger partial charge in [-0.15, -0.1) is 0 Å². The summed E-state index contributed by atoms with van der Waals surface area (Å²) >= 11 is 0. The molecule has 1 fully saturated rings. The van der Waals surface area contributed by atoms with E-state index in [-0.39, 0.29) is 23.5 Å². The van der Waals surface area contributed by atoms with Crippen molar-refractivity contribution >= 4 is 17.5 Å². The zero-order valence-corrected chi connectivity index (χ0v) is 16.4. The van der Waals surface area contributed by atoms with Crippen LogP contribution in [-0.4, -0.2) is 50.1 Å². The van der Waals surface area contributed by atoms with E-state index in [9.17, 15) is 14.0 Å². The van der Waals surface area contributed by atoms with Gasteiger partial charge in [0.2, 0.25) is 5.91 Å². The summed E-state index contributed by atoms with van der Waals surface area (Å²) < 4.78 is 23.5. The van der Waals surface area contributed by atoms with E-state index >= 15 is 0 Å². The van der Waals surface area contributed by atoms with Gasteiger partial charge in [0.1, 0.15) is 18.2 Å². The Morgan fingerprint density at radius 3 is 2.52 bits per heavy atom. The normalized spacial score (nSPS) is 14.5. The molecule has 2 amide bonds. The predicted molar refractivity (Wildman–Crippen MR) is 107 cm³/mol. The molecule has 0 saturated carbocycles. The third-order valence-electron chi connectivity index (χ3n) is 4.90. The molecule has 1 aliphatic heterocycles. The lowest BCUT2D eigenvalue weighted by molar-refractivity contribution is -0.121. The van der Waals surface area contributed by atoms with Crippen molar-refractivity contribution in [2.75, 3.05) is 38.7 Å². The van der Waals surface area contributed by atoms with Crippen LogP contribution in [0, 0.1) is 11.7 Å². The number of amides is 2. The SMILES string of the molecule is COCCOc1cccc(NC(=O)C2CCN(C(=O)c3ccc(F)cc3)CC2)c1. The Kier molecular flexibility index (Phi) is 7.19. The highest BCUT2D eigenvalue weighted by atomic mass is 19.1. The topological polar surface area (TPSA) is 67.9 Å². The summed E-state index contributed by atoms with van der Waals surface area (Å²) in [6, 6.07) is 12.8. The fourth-order valence-electron chi connectivity index (χ4n) is 3.27. The minimum absolute atomic E-state index is 0.0621. The Hall–Kier alpha value is -2.93. The number of likely N-dealkylation sites (tertiary alicyclic amines) is 1. The second kappa shape index (κ2) is 10.0. The van der Waals surface area contributed by atoms with Crippen molar-refractivity contribution < 1.29 is 23.5 Å². The average Bonchev–Trinajstić information content (AvgIpc) is 2.74. The van der Waals surface area contributed by atoms with Gasteiger partial charge in [-0.25, -0.2) is 4.39 Å². The molecule has 1 saturated heterocycles. The number of carbonyl (C=O) groups is 2. The molecule has 2 aromatic rings. The molecule has 7 heteroatoms. The first kappa shape index (κ1) is 20.8. The Bertz CT molecular complexity index is 833. The fourth-order valence-corrected chi connectivity index (χ4v) is 3.27. The summed E-state index contributed by atoms with van der Waals surface area (Å²) in [4.78, 5) is 26.8. The Balaban J connectivity index is 1.50. The zero-order valence-electron chi connectivity index (χ0n) is 16.4. The van der Waals surface area contributed by atoms with E-state index in [4.69, 9.17) is 9.47 Å². The molecular weight excluding hydrogens is 375 g/mol. The number of carbonyl (C=O) groups excluding carboxylic acids is 2. The summed E-state index contributed by atoms with van der Waals surface area (Å²) in [6.45, 7) is 1.92. The minimum atomic E-state index is -0.370. The number of benzene rings is 2. The highest BCUT2D eigenvalue weighted by Crippen LogP contribution is 2.23. The monoisotopic (exact) mass is 400 g/mol. The molecule has 6 nitrogen and oxygen atoms in total. The van der Waals surface area contributed by atoms with E-state index < -0.39 is 0 Å². The summed E-state index contributed by atoms with van der Waals surface area (Å²) in [5, 5.41) is 2.93. The standard InChI is InChI=1S/C22H25FN2O4/c1-28-13-14-29-20-4-2-3-19(15-20)24-21(26)16-9-11-25(12-10-16)22(27)17-5-7-18(23)8-6-17/h2-8,15-16H,9-14H2,1H3,(H,24,26). The number of halogens is 1. The van der Waals surface area contributed by atoms with Gasteiger partial charge in [0.15, 0.2) is 0 Å². The van der Waals surface area contributed by atoms with Gasteiger partial charge in [-0.3, -0.25) is 9.59 Å². The predicted octanol–water partition coefficient (Wildman–Crippen LogP) is 3.34. The number of hydrogen-bond acceptors (Lipinski definition) is 4. The molecule has 0 unspecified atom stereocenters. The van der Waals surface area contributed by atoms with E-state index in [1.165, 1.54) is 24.3 Å². The number of nitrogens with zero attached hydrogens (tertiary/aromatic N) is 1. The lowest BCUT2D eigenvalue weighted by Crippen LogP contribution is -2.41. The third kappa shape index (κ3) is 5.77. The molecule has 0 spiro atoms. The van der Waals surface area contributed by atoms with Crippen LogP contribution >= 0.6 is 0 Å². The molecule has 0 atom stereocenters. The van der Waals surface area contributed by atoms with Gasteiger partial charge in [-0.1, -0.05) is 6.07 Å². The van der Waals surface area contributed by atoms with Gasteiger partial charge in [0, 0.05) is 43.4 Å². The van der Waals surface area contributed by atoms with Gasteiger partial charge >= 0.3 is 0 Å². The van der Waals surface area contributed by atoms with E-state index in [2.05, 4.69) is 5.32 Å². The number of hydrogen-bond donors (Lipinski definition) is 1. The van der Waals surface area contributed by atoms with Crippen molar-refractivity contribution in [1.29, 1.82) is 0 Å². The number of piperidine rings is 1. The largest absolute Gasteiger partial charge is 0.491 e. The van der Waals surface area contributed by atoms with Gasteiger partial charge in [0.25, 0.3) is 5.91 Å². The molecule has 1 heterocycles. The van der Waals surface area contributed by atoms with Crippen LogP contribution in [0.25, 0.3) is 0 Å². The molecule has 3 rings (SSSR count). The van der Waals surface area contributed by atoms with Crippen LogP contribution in [-0.2, 0) is 9.53 Å². The van der Waals surface area contributed by atoms with Gasteiger partial charge in [0.05, 0.1) is 6.61 Å². The molecule has 154 valence electrons. The fraction of sp³-hybridized carbons (Fsp3) is 0.364. The van der Waals surface area contributed by atoms with Gasteiger partial charge in [-0.2, -0.15) is 0 Å². The van der Waals surface area contributed by atoms with Crippen LogP contribution in [0.4, 0.5) is 10.1 Å². The lowest BCUT2D eigenvalue weighted by Gasteiger charge is -2.31. The Morgan fingerprint density at radius 2 is 1.83 bits per heavy atom. The number of rotatable bonds is 7. The van der Waals surface area contributed by atoms with Gasteiger partial charge in [-0.05, 0) is 49.2 Å². The molecule has 0 aromatic heterocycles. The molecule has 2 aromatic carbocycles.